The van der Waals surface area contributed by atoms with Gasteiger partial charge in [0.1, 0.15) is 0 Å². The molecule has 1 aliphatic rings. The first-order valence-electron chi connectivity index (χ1n) is 9.37. The first-order valence-corrected chi connectivity index (χ1v) is 10.4. The number of rotatable bonds is 8. The second kappa shape index (κ2) is 9.70. The molecule has 1 saturated heterocycles. The molecule has 2 aromatic rings. The third kappa shape index (κ3) is 5.67. The average Bonchev–Trinajstić information content (AvgIpc) is 3.09. The number of non-ortho nitro benzene ring substituents is 1. The molecule has 0 radical (unpaired) electrons. The van der Waals surface area contributed by atoms with E-state index in [1.807, 2.05) is 0 Å². The standard InChI is InChI=1S/C18H24N6O4S/c1-13(2)11-23-17(22-7-9-28-10-8-22)20-21-18(23)29-12-16(25)19-14-3-5-15(6-4-14)24(26)27/h3-6,13H,7-12H2,1-2H3,(H,19,25). The zero-order valence-corrected chi connectivity index (χ0v) is 17.2. The van der Waals surface area contributed by atoms with Gasteiger partial charge in [0.05, 0.1) is 23.9 Å². The normalized spacial score (nSPS) is 14.2. The number of carbonyl (C=O) groups is 1. The summed E-state index contributed by atoms with van der Waals surface area (Å²) in [7, 11) is 0. The van der Waals surface area contributed by atoms with Crippen molar-refractivity contribution in [2.45, 2.75) is 25.5 Å². The lowest BCUT2D eigenvalue weighted by molar-refractivity contribution is -0.384. The van der Waals surface area contributed by atoms with Crippen LogP contribution >= 0.6 is 11.8 Å². The molecule has 29 heavy (non-hydrogen) atoms. The predicted octanol–water partition coefficient (Wildman–Crippen LogP) is 2.41. The summed E-state index contributed by atoms with van der Waals surface area (Å²) in [6, 6.07) is 5.74. The molecule has 0 atom stereocenters. The molecule has 1 aliphatic heterocycles. The van der Waals surface area contributed by atoms with Gasteiger partial charge in [-0.2, -0.15) is 0 Å². The number of ether oxygens (including phenoxy) is 1. The Bertz CT molecular complexity index is 849. The summed E-state index contributed by atoms with van der Waals surface area (Å²) < 4.78 is 7.47. The van der Waals surface area contributed by atoms with Crippen LogP contribution in [0.3, 0.4) is 0 Å². The minimum absolute atomic E-state index is 0.0187. The first kappa shape index (κ1) is 21.1. The Labute approximate surface area is 172 Å². The van der Waals surface area contributed by atoms with Crippen LogP contribution in [0.4, 0.5) is 17.3 Å². The molecule has 3 rings (SSSR count). The number of nitrogens with zero attached hydrogens (tertiary/aromatic N) is 5. The number of benzene rings is 1. The molecular weight excluding hydrogens is 396 g/mol. The van der Waals surface area contributed by atoms with Gasteiger partial charge in [-0.1, -0.05) is 25.6 Å². The smallest absolute Gasteiger partial charge is 0.269 e. The van der Waals surface area contributed by atoms with Gasteiger partial charge in [-0.15, -0.1) is 10.2 Å². The number of aromatic nitrogens is 3. The van der Waals surface area contributed by atoms with E-state index in [0.29, 0.717) is 30.0 Å². The topological polar surface area (TPSA) is 115 Å². The number of nitro groups is 1. The SMILES string of the molecule is CC(C)Cn1c(SCC(=O)Nc2ccc([N+](=O)[O-])cc2)nnc1N1CCOCC1. The summed E-state index contributed by atoms with van der Waals surface area (Å²) in [5.74, 6) is 1.16. The molecule has 0 unspecified atom stereocenters. The second-order valence-electron chi connectivity index (χ2n) is 7.03. The summed E-state index contributed by atoms with van der Waals surface area (Å²) in [5, 5.41) is 22.8. The summed E-state index contributed by atoms with van der Waals surface area (Å²) in [6.07, 6.45) is 0. The monoisotopic (exact) mass is 420 g/mol. The van der Waals surface area contributed by atoms with E-state index in [1.165, 1.54) is 36.0 Å². The second-order valence-corrected chi connectivity index (χ2v) is 7.97. The number of hydrogen-bond donors (Lipinski definition) is 1. The van der Waals surface area contributed by atoms with Gasteiger partial charge >= 0.3 is 0 Å². The lowest BCUT2D eigenvalue weighted by atomic mass is 10.2. The van der Waals surface area contributed by atoms with E-state index in [2.05, 4.69) is 38.8 Å². The molecular formula is C18H24N6O4S. The fraction of sp³-hybridized carbons (Fsp3) is 0.500. The Kier molecular flexibility index (Phi) is 7.04. The van der Waals surface area contributed by atoms with E-state index in [9.17, 15) is 14.9 Å². The largest absolute Gasteiger partial charge is 0.378 e. The zero-order valence-electron chi connectivity index (χ0n) is 16.4. The van der Waals surface area contributed by atoms with Crippen LogP contribution in [0.2, 0.25) is 0 Å². The Balaban J connectivity index is 1.63. The number of nitrogens with one attached hydrogen (secondary N) is 1. The number of morpholine rings is 1. The van der Waals surface area contributed by atoms with Crippen molar-refractivity contribution >= 4 is 35.0 Å². The van der Waals surface area contributed by atoms with E-state index < -0.39 is 4.92 Å². The van der Waals surface area contributed by atoms with E-state index >= 15 is 0 Å². The third-order valence-corrected chi connectivity index (χ3v) is 5.20. The highest BCUT2D eigenvalue weighted by Crippen LogP contribution is 2.24. The highest BCUT2D eigenvalue weighted by molar-refractivity contribution is 7.99. The predicted molar refractivity (Wildman–Crippen MR) is 110 cm³/mol. The van der Waals surface area contributed by atoms with Gasteiger partial charge < -0.3 is 15.0 Å². The number of amides is 1. The molecule has 0 spiro atoms. The molecule has 1 fully saturated rings. The van der Waals surface area contributed by atoms with Crippen molar-refractivity contribution in [2.24, 2.45) is 5.92 Å². The van der Waals surface area contributed by atoms with Crippen LogP contribution in [0.1, 0.15) is 13.8 Å². The Morgan fingerprint density at radius 2 is 1.97 bits per heavy atom. The molecule has 2 heterocycles. The van der Waals surface area contributed by atoms with Gasteiger partial charge in [-0.05, 0) is 18.1 Å². The minimum Gasteiger partial charge on any atom is -0.378 e. The van der Waals surface area contributed by atoms with Crippen molar-refractivity contribution < 1.29 is 14.5 Å². The van der Waals surface area contributed by atoms with Crippen LogP contribution in [-0.2, 0) is 16.1 Å². The Morgan fingerprint density at radius 1 is 1.28 bits per heavy atom. The van der Waals surface area contributed by atoms with Gasteiger partial charge in [0, 0.05) is 37.5 Å². The van der Waals surface area contributed by atoms with Crippen molar-refractivity contribution in [1.29, 1.82) is 0 Å². The molecule has 11 heteroatoms. The van der Waals surface area contributed by atoms with Crippen LogP contribution in [0.15, 0.2) is 29.4 Å². The van der Waals surface area contributed by atoms with Gasteiger partial charge in [-0.3, -0.25) is 19.5 Å². The summed E-state index contributed by atoms with van der Waals surface area (Å²) in [6.45, 7) is 7.86. The lowest BCUT2D eigenvalue weighted by Gasteiger charge is -2.28. The van der Waals surface area contributed by atoms with E-state index in [4.69, 9.17) is 4.74 Å². The van der Waals surface area contributed by atoms with Gasteiger partial charge in [0.2, 0.25) is 11.9 Å². The average molecular weight is 420 g/mol. The number of nitro benzene ring substituents is 1. The van der Waals surface area contributed by atoms with Crippen molar-refractivity contribution in [3.63, 3.8) is 0 Å². The van der Waals surface area contributed by atoms with Crippen LogP contribution in [0, 0.1) is 16.0 Å². The Hall–Kier alpha value is -2.66. The van der Waals surface area contributed by atoms with Gasteiger partial charge in [0.25, 0.3) is 5.69 Å². The highest BCUT2D eigenvalue weighted by Gasteiger charge is 2.21. The fourth-order valence-corrected chi connectivity index (χ4v) is 3.65. The van der Waals surface area contributed by atoms with E-state index in [0.717, 1.165) is 25.6 Å². The van der Waals surface area contributed by atoms with Crippen molar-refractivity contribution in [2.75, 3.05) is 42.3 Å². The fourth-order valence-electron chi connectivity index (χ4n) is 2.90. The molecule has 1 aromatic carbocycles. The third-order valence-electron chi connectivity index (χ3n) is 4.23. The number of carbonyl (C=O) groups excluding carboxylic acids is 1. The van der Waals surface area contributed by atoms with Gasteiger partial charge in [0.15, 0.2) is 5.16 Å². The van der Waals surface area contributed by atoms with Crippen LogP contribution in [-0.4, -0.2) is 57.7 Å². The quantitative estimate of drug-likeness (QED) is 0.393. The molecule has 0 aliphatic carbocycles. The summed E-state index contributed by atoms with van der Waals surface area (Å²) in [5.41, 5.74) is 0.494. The van der Waals surface area contributed by atoms with E-state index in [-0.39, 0.29) is 17.3 Å². The van der Waals surface area contributed by atoms with Crippen LogP contribution in [0.25, 0.3) is 0 Å². The van der Waals surface area contributed by atoms with Crippen LogP contribution in [0.5, 0.6) is 0 Å². The Morgan fingerprint density at radius 3 is 2.59 bits per heavy atom. The molecule has 1 aromatic heterocycles. The lowest BCUT2D eigenvalue weighted by Crippen LogP contribution is -2.38. The summed E-state index contributed by atoms with van der Waals surface area (Å²) in [4.78, 5) is 24.7. The maximum atomic E-state index is 12.3. The molecule has 0 bridgehead atoms. The maximum Gasteiger partial charge on any atom is 0.269 e. The molecule has 1 amide bonds. The van der Waals surface area contributed by atoms with Crippen molar-refractivity contribution in [3.05, 3.63) is 34.4 Å². The number of hydrogen-bond acceptors (Lipinski definition) is 8. The molecule has 156 valence electrons. The summed E-state index contributed by atoms with van der Waals surface area (Å²) >= 11 is 1.32. The molecule has 1 N–H and O–H groups in total. The number of anilines is 2. The minimum atomic E-state index is -0.477. The first-order chi connectivity index (χ1) is 13.9. The highest BCUT2D eigenvalue weighted by atomic mass is 32.2. The molecule has 0 saturated carbocycles. The maximum absolute atomic E-state index is 12.3. The van der Waals surface area contributed by atoms with Crippen LogP contribution < -0.4 is 10.2 Å². The van der Waals surface area contributed by atoms with Crippen molar-refractivity contribution in [1.82, 2.24) is 14.8 Å². The van der Waals surface area contributed by atoms with Crippen molar-refractivity contribution in [3.8, 4) is 0 Å². The number of thioether (sulfide) groups is 1. The molecule has 10 nitrogen and oxygen atoms in total. The zero-order chi connectivity index (χ0) is 20.8. The van der Waals surface area contributed by atoms with Gasteiger partial charge in [-0.25, -0.2) is 0 Å². The van der Waals surface area contributed by atoms with E-state index in [1.54, 1.807) is 0 Å².